The van der Waals surface area contributed by atoms with Gasteiger partial charge < -0.3 is 0 Å². The van der Waals surface area contributed by atoms with Crippen molar-refractivity contribution < 1.29 is 4.79 Å². The summed E-state index contributed by atoms with van der Waals surface area (Å²) >= 11 is 0. The van der Waals surface area contributed by atoms with E-state index >= 15 is 0 Å². The van der Waals surface area contributed by atoms with Crippen LogP contribution >= 0.6 is 0 Å². The molecule has 17 heavy (non-hydrogen) atoms. The number of aldehydes is 1. The number of nitrogens with zero attached hydrogens (tertiary/aromatic N) is 3. The van der Waals surface area contributed by atoms with Crippen molar-refractivity contribution in [2.75, 3.05) is 0 Å². The average molecular weight is 223 g/mol. The van der Waals surface area contributed by atoms with Crippen molar-refractivity contribution >= 4 is 17.2 Å². The fourth-order valence-electron chi connectivity index (χ4n) is 1.71. The van der Waals surface area contributed by atoms with E-state index in [1.165, 1.54) is 6.20 Å². The van der Waals surface area contributed by atoms with Crippen LogP contribution in [0.2, 0.25) is 0 Å². The van der Waals surface area contributed by atoms with Crippen molar-refractivity contribution in [3.63, 3.8) is 0 Å². The molecule has 1 aromatic carbocycles. The van der Waals surface area contributed by atoms with E-state index in [4.69, 9.17) is 0 Å². The van der Waals surface area contributed by atoms with Gasteiger partial charge in [0.1, 0.15) is 0 Å². The van der Waals surface area contributed by atoms with Crippen LogP contribution in [0, 0.1) is 0 Å². The Hall–Kier alpha value is -2.49. The van der Waals surface area contributed by atoms with Gasteiger partial charge in [0.05, 0.1) is 17.3 Å². The maximum Gasteiger partial charge on any atom is 0.154 e. The second-order valence-electron chi connectivity index (χ2n) is 3.70. The van der Waals surface area contributed by atoms with Gasteiger partial charge in [0, 0.05) is 11.6 Å². The number of fused-ring (bicyclic) bond motifs is 1. The van der Waals surface area contributed by atoms with Crippen molar-refractivity contribution in [1.29, 1.82) is 0 Å². The summed E-state index contributed by atoms with van der Waals surface area (Å²) in [5.74, 6) is 0.705. The molecule has 0 aliphatic heterocycles. The summed E-state index contributed by atoms with van der Waals surface area (Å²) in [5.41, 5.74) is 1.45. The third-order valence-corrected chi connectivity index (χ3v) is 2.56. The molecular weight excluding hydrogens is 214 g/mol. The minimum absolute atomic E-state index is 0.542. The smallest absolute Gasteiger partial charge is 0.154 e. The Labute approximate surface area is 97.5 Å². The van der Waals surface area contributed by atoms with Crippen LogP contribution in [0.5, 0.6) is 0 Å². The lowest BCUT2D eigenvalue weighted by Gasteiger charge is -2.02. The topological polar surface area (TPSA) is 47.8 Å². The maximum atomic E-state index is 10.6. The Morgan fingerprint density at radius 2 is 2.00 bits per heavy atom. The lowest BCUT2D eigenvalue weighted by molar-refractivity contribution is 0.112. The van der Waals surface area contributed by atoms with Gasteiger partial charge in [-0.1, -0.05) is 18.2 Å². The third kappa shape index (κ3) is 1.69. The lowest BCUT2D eigenvalue weighted by Crippen LogP contribution is -1.97. The zero-order valence-corrected chi connectivity index (χ0v) is 8.95. The van der Waals surface area contributed by atoms with Gasteiger partial charge in [-0.05, 0) is 18.2 Å². The molecule has 3 aromatic rings. The second-order valence-corrected chi connectivity index (χ2v) is 3.70. The number of hydrogen-bond acceptors (Lipinski definition) is 3. The molecule has 2 heterocycles. The molecule has 4 nitrogen and oxygen atoms in total. The van der Waals surface area contributed by atoms with Gasteiger partial charge in [-0.25, -0.2) is 9.67 Å². The fraction of sp³-hybridized carbons (Fsp3) is 0. The summed E-state index contributed by atoms with van der Waals surface area (Å²) in [7, 11) is 0. The quantitative estimate of drug-likeness (QED) is 0.626. The van der Waals surface area contributed by atoms with Crippen LogP contribution in [0.3, 0.4) is 0 Å². The van der Waals surface area contributed by atoms with E-state index in [0.717, 1.165) is 17.2 Å². The first-order chi connectivity index (χ1) is 8.36. The summed E-state index contributed by atoms with van der Waals surface area (Å²) < 4.78 is 1.59. The molecule has 2 aromatic heterocycles. The largest absolute Gasteiger partial charge is 0.298 e. The number of carbonyl (C=O) groups excluding carboxylic acids is 1. The SMILES string of the molecule is O=Cc1cnn(-c2ccc3ccccc3n2)c1. The molecule has 3 rings (SSSR count). The van der Waals surface area contributed by atoms with Crippen molar-refractivity contribution in [3.05, 3.63) is 54.4 Å². The molecular formula is C13H9N3O. The van der Waals surface area contributed by atoms with Gasteiger partial charge >= 0.3 is 0 Å². The molecule has 0 atom stereocenters. The Bertz CT molecular complexity index is 688. The maximum absolute atomic E-state index is 10.6. The zero-order chi connectivity index (χ0) is 11.7. The number of hydrogen-bond donors (Lipinski definition) is 0. The molecule has 0 aliphatic rings. The second kappa shape index (κ2) is 3.83. The highest BCUT2D eigenvalue weighted by molar-refractivity contribution is 5.79. The average Bonchev–Trinajstić information content (AvgIpc) is 2.87. The molecule has 0 unspecified atom stereocenters. The highest BCUT2D eigenvalue weighted by Gasteiger charge is 2.02. The van der Waals surface area contributed by atoms with Crippen LogP contribution in [0.25, 0.3) is 16.7 Å². The molecule has 0 N–H and O–H groups in total. The van der Waals surface area contributed by atoms with E-state index in [1.807, 2.05) is 36.4 Å². The van der Waals surface area contributed by atoms with Crippen molar-refractivity contribution in [2.24, 2.45) is 0 Å². The Kier molecular flexibility index (Phi) is 2.19. The third-order valence-electron chi connectivity index (χ3n) is 2.56. The molecule has 0 radical (unpaired) electrons. The highest BCUT2D eigenvalue weighted by atomic mass is 16.1. The van der Waals surface area contributed by atoms with Gasteiger partial charge in [0.15, 0.2) is 12.1 Å². The summed E-state index contributed by atoms with van der Waals surface area (Å²) in [4.78, 5) is 15.1. The van der Waals surface area contributed by atoms with Gasteiger partial charge in [0.2, 0.25) is 0 Å². The van der Waals surface area contributed by atoms with Crippen LogP contribution in [-0.4, -0.2) is 21.1 Å². The molecule has 0 saturated heterocycles. The van der Waals surface area contributed by atoms with Gasteiger partial charge in [-0.3, -0.25) is 4.79 Å². The lowest BCUT2D eigenvalue weighted by atomic mass is 10.2. The first kappa shape index (κ1) is 9.72. The molecule has 0 saturated carbocycles. The Morgan fingerprint density at radius 1 is 1.12 bits per heavy atom. The fourth-order valence-corrected chi connectivity index (χ4v) is 1.71. The minimum atomic E-state index is 0.542. The minimum Gasteiger partial charge on any atom is -0.298 e. The van der Waals surface area contributed by atoms with Crippen molar-refractivity contribution in [3.8, 4) is 5.82 Å². The first-order valence-corrected chi connectivity index (χ1v) is 5.23. The van der Waals surface area contributed by atoms with Crippen LogP contribution in [-0.2, 0) is 0 Å². The highest BCUT2D eigenvalue weighted by Crippen LogP contribution is 2.14. The van der Waals surface area contributed by atoms with Crippen LogP contribution in [0.4, 0.5) is 0 Å². The van der Waals surface area contributed by atoms with E-state index in [2.05, 4.69) is 10.1 Å². The predicted molar refractivity (Wildman–Crippen MR) is 64.3 cm³/mol. The summed E-state index contributed by atoms with van der Waals surface area (Å²) in [6.07, 6.45) is 3.94. The molecule has 0 amide bonds. The van der Waals surface area contributed by atoms with Gasteiger partial charge in [-0.2, -0.15) is 5.10 Å². The standard InChI is InChI=1S/C13H9N3O/c17-9-10-7-14-16(8-10)13-6-5-11-3-1-2-4-12(11)15-13/h1-9H. The molecule has 0 fully saturated rings. The number of carbonyl (C=O) groups is 1. The van der Waals surface area contributed by atoms with Crippen molar-refractivity contribution in [1.82, 2.24) is 14.8 Å². The van der Waals surface area contributed by atoms with Crippen LogP contribution in [0.1, 0.15) is 10.4 Å². The van der Waals surface area contributed by atoms with Crippen LogP contribution in [0.15, 0.2) is 48.8 Å². The first-order valence-electron chi connectivity index (χ1n) is 5.23. The predicted octanol–water partition coefficient (Wildman–Crippen LogP) is 2.23. The number of pyridine rings is 1. The van der Waals surface area contributed by atoms with E-state index in [0.29, 0.717) is 11.4 Å². The summed E-state index contributed by atoms with van der Waals surface area (Å²) in [6, 6.07) is 11.7. The zero-order valence-electron chi connectivity index (χ0n) is 8.95. The Balaban J connectivity index is 2.14. The summed E-state index contributed by atoms with van der Waals surface area (Å²) in [6.45, 7) is 0. The molecule has 82 valence electrons. The van der Waals surface area contributed by atoms with E-state index in [-0.39, 0.29) is 0 Å². The van der Waals surface area contributed by atoms with E-state index in [9.17, 15) is 4.79 Å². The van der Waals surface area contributed by atoms with E-state index in [1.54, 1.807) is 10.9 Å². The monoisotopic (exact) mass is 223 g/mol. The summed E-state index contributed by atoms with van der Waals surface area (Å²) in [5, 5.41) is 5.17. The number of benzene rings is 1. The van der Waals surface area contributed by atoms with Gasteiger partial charge in [0.25, 0.3) is 0 Å². The number of rotatable bonds is 2. The van der Waals surface area contributed by atoms with E-state index < -0.39 is 0 Å². The normalized spacial score (nSPS) is 10.6. The number of para-hydroxylation sites is 1. The van der Waals surface area contributed by atoms with Crippen LogP contribution < -0.4 is 0 Å². The molecule has 4 heteroatoms. The molecule has 0 aliphatic carbocycles. The number of aromatic nitrogens is 3. The molecule has 0 bridgehead atoms. The van der Waals surface area contributed by atoms with Gasteiger partial charge in [-0.15, -0.1) is 0 Å². The molecule has 0 spiro atoms. The van der Waals surface area contributed by atoms with Crippen molar-refractivity contribution in [2.45, 2.75) is 0 Å². The Morgan fingerprint density at radius 3 is 2.82 bits per heavy atom.